The van der Waals surface area contributed by atoms with E-state index < -0.39 is 30.1 Å². The number of alkyl halides is 3. The third kappa shape index (κ3) is 3.99. The van der Waals surface area contributed by atoms with Crippen molar-refractivity contribution in [3.63, 3.8) is 0 Å². The fourth-order valence-electron chi connectivity index (χ4n) is 4.96. The maximum absolute atomic E-state index is 13.4. The standard InChI is InChI=1S/C24H26F3N3O2/c25-24(26,27)15-29-22(32)23(12-5-6-13-30-14-11-20(28)21(30)31)18-9-3-1-7-16(18)17-8-2-4-10-19(17)23/h1-4,7-10,20H,5-6,11-15,28H2,(H,29,32). The Kier molecular flexibility index (Phi) is 5.99. The minimum absolute atomic E-state index is 0.0702. The number of rotatable bonds is 7. The van der Waals surface area contributed by atoms with Gasteiger partial charge in [0.1, 0.15) is 12.0 Å². The molecule has 1 unspecified atom stereocenters. The Labute approximate surface area is 184 Å². The average molecular weight is 445 g/mol. The Hall–Kier alpha value is -2.87. The lowest BCUT2D eigenvalue weighted by Crippen LogP contribution is -2.47. The van der Waals surface area contributed by atoms with E-state index in [4.69, 9.17) is 5.73 Å². The third-order valence-electron chi connectivity index (χ3n) is 6.47. The number of nitrogens with one attached hydrogen (secondary N) is 1. The molecule has 32 heavy (non-hydrogen) atoms. The van der Waals surface area contributed by atoms with Gasteiger partial charge in [0.25, 0.3) is 0 Å². The van der Waals surface area contributed by atoms with Gasteiger partial charge in [-0.1, -0.05) is 48.5 Å². The van der Waals surface area contributed by atoms with E-state index in [1.807, 2.05) is 36.4 Å². The average Bonchev–Trinajstić information content (AvgIpc) is 3.25. The van der Waals surface area contributed by atoms with Gasteiger partial charge in [-0.2, -0.15) is 13.2 Å². The van der Waals surface area contributed by atoms with E-state index >= 15 is 0 Å². The molecule has 170 valence electrons. The van der Waals surface area contributed by atoms with E-state index in [2.05, 4.69) is 5.32 Å². The zero-order valence-electron chi connectivity index (χ0n) is 17.6. The number of benzene rings is 2. The summed E-state index contributed by atoms with van der Waals surface area (Å²) in [5, 5.41) is 2.14. The smallest absolute Gasteiger partial charge is 0.346 e. The highest BCUT2D eigenvalue weighted by molar-refractivity contribution is 6.00. The minimum Gasteiger partial charge on any atom is -0.346 e. The number of unbranched alkanes of at least 4 members (excludes halogenated alkanes) is 1. The van der Waals surface area contributed by atoms with Gasteiger partial charge in [-0.3, -0.25) is 9.59 Å². The van der Waals surface area contributed by atoms with Crippen LogP contribution in [0.2, 0.25) is 0 Å². The molecule has 1 aliphatic carbocycles. The second kappa shape index (κ2) is 8.58. The van der Waals surface area contributed by atoms with Gasteiger partial charge in [0, 0.05) is 13.1 Å². The van der Waals surface area contributed by atoms with Crippen molar-refractivity contribution in [3.05, 3.63) is 59.7 Å². The van der Waals surface area contributed by atoms with Gasteiger partial charge in [-0.05, 0) is 47.9 Å². The highest BCUT2D eigenvalue weighted by atomic mass is 19.4. The largest absolute Gasteiger partial charge is 0.405 e. The van der Waals surface area contributed by atoms with Gasteiger partial charge >= 0.3 is 6.18 Å². The number of carbonyl (C=O) groups excluding carboxylic acids is 2. The first kappa shape index (κ1) is 22.3. The summed E-state index contributed by atoms with van der Waals surface area (Å²) in [6.45, 7) is -0.239. The highest BCUT2D eigenvalue weighted by Crippen LogP contribution is 2.51. The molecule has 4 rings (SSSR count). The Morgan fingerprint density at radius 2 is 1.66 bits per heavy atom. The number of carbonyl (C=O) groups is 2. The summed E-state index contributed by atoms with van der Waals surface area (Å²) in [6, 6.07) is 14.3. The maximum atomic E-state index is 13.4. The monoisotopic (exact) mass is 445 g/mol. The van der Waals surface area contributed by atoms with Crippen LogP contribution in [0.1, 0.15) is 36.8 Å². The van der Waals surface area contributed by atoms with Crippen LogP contribution in [-0.2, 0) is 15.0 Å². The molecule has 1 saturated heterocycles. The maximum Gasteiger partial charge on any atom is 0.405 e. The number of halogens is 3. The van der Waals surface area contributed by atoms with Crippen LogP contribution in [0.25, 0.3) is 11.1 Å². The summed E-state index contributed by atoms with van der Waals surface area (Å²) in [7, 11) is 0. The van der Waals surface area contributed by atoms with Crippen LogP contribution in [-0.4, -0.2) is 48.6 Å². The van der Waals surface area contributed by atoms with Gasteiger partial charge in [0.05, 0.1) is 6.04 Å². The van der Waals surface area contributed by atoms with E-state index in [9.17, 15) is 22.8 Å². The van der Waals surface area contributed by atoms with Crippen LogP contribution < -0.4 is 11.1 Å². The van der Waals surface area contributed by atoms with Crippen molar-refractivity contribution in [3.8, 4) is 11.1 Å². The van der Waals surface area contributed by atoms with E-state index in [0.717, 1.165) is 22.3 Å². The molecule has 0 spiro atoms. The van der Waals surface area contributed by atoms with E-state index in [0.29, 0.717) is 38.8 Å². The second-order valence-electron chi connectivity index (χ2n) is 8.47. The molecule has 5 nitrogen and oxygen atoms in total. The van der Waals surface area contributed by atoms with Crippen molar-refractivity contribution in [1.82, 2.24) is 10.2 Å². The summed E-state index contributed by atoms with van der Waals surface area (Å²) in [5.41, 5.74) is 7.75. The lowest BCUT2D eigenvalue weighted by atomic mass is 9.73. The van der Waals surface area contributed by atoms with E-state index in [1.54, 1.807) is 17.0 Å². The first-order valence-corrected chi connectivity index (χ1v) is 10.8. The van der Waals surface area contributed by atoms with Gasteiger partial charge in [-0.15, -0.1) is 0 Å². The molecule has 3 N–H and O–H groups in total. The number of likely N-dealkylation sites (tertiary alicyclic amines) is 1. The van der Waals surface area contributed by atoms with Crippen LogP contribution in [0.4, 0.5) is 13.2 Å². The second-order valence-corrected chi connectivity index (χ2v) is 8.47. The summed E-state index contributed by atoms with van der Waals surface area (Å²) in [5.74, 6) is -0.717. The SMILES string of the molecule is NC1CCN(CCCCC2(C(=O)NCC(F)(F)F)c3ccccc3-c3ccccc32)C1=O. The van der Waals surface area contributed by atoms with Crippen molar-refractivity contribution in [2.45, 2.75) is 43.3 Å². The topological polar surface area (TPSA) is 75.4 Å². The van der Waals surface area contributed by atoms with E-state index in [-0.39, 0.29) is 5.91 Å². The van der Waals surface area contributed by atoms with Gasteiger partial charge in [0.15, 0.2) is 0 Å². The molecular weight excluding hydrogens is 419 g/mol. The number of nitrogens with two attached hydrogens (primary N) is 1. The zero-order chi connectivity index (χ0) is 22.9. The van der Waals surface area contributed by atoms with Gasteiger partial charge in [0.2, 0.25) is 11.8 Å². The quantitative estimate of drug-likeness (QED) is 0.642. The number of nitrogens with zero attached hydrogens (tertiary/aromatic N) is 1. The lowest BCUT2D eigenvalue weighted by Gasteiger charge is -2.31. The molecule has 2 aromatic rings. The molecule has 0 bridgehead atoms. The Bertz CT molecular complexity index is 976. The summed E-state index contributed by atoms with van der Waals surface area (Å²) in [4.78, 5) is 27.2. The van der Waals surface area contributed by atoms with Gasteiger partial charge < -0.3 is 16.0 Å². The summed E-state index contributed by atoms with van der Waals surface area (Å²) < 4.78 is 38.7. The number of hydrogen-bond acceptors (Lipinski definition) is 3. The molecule has 1 fully saturated rings. The molecule has 2 amide bonds. The number of fused-ring (bicyclic) bond motifs is 3. The molecule has 0 saturated carbocycles. The molecule has 1 heterocycles. The Balaban J connectivity index is 1.61. The fourth-order valence-corrected chi connectivity index (χ4v) is 4.96. The van der Waals surface area contributed by atoms with Crippen LogP contribution in [0.5, 0.6) is 0 Å². The first-order chi connectivity index (χ1) is 15.2. The zero-order valence-corrected chi connectivity index (χ0v) is 17.6. The van der Waals surface area contributed by atoms with Crippen molar-refractivity contribution in [2.75, 3.05) is 19.6 Å². The van der Waals surface area contributed by atoms with Crippen LogP contribution in [0.15, 0.2) is 48.5 Å². The van der Waals surface area contributed by atoms with Crippen molar-refractivity contribution in [1.29, 1.82) is 0 Å². The van der Waals surface area contributed by atoms with Crippen LogP contribution in [0.3, 0.4) is 0 Å². The predicted molar refractivity (Wildman–Crippen MR) is 115 cm³/mol. The van der Waals surface area contributed by atoms with Crippen molar-refractivity contribution in [2.24, 2.45) is 5.73 Å². The predicted octanol–water partition coefficient (Wildman–Crippen LogP) is 3.36. The van der Waals surface area contributed by atoms with Crippen LogP contribution >= 0.6 is 0 Å². The number of amides is 2. The normalized spacial score (nSPS) is 19.1. The van der Waals surface area contributed by atoms with Crippen molar-refractivity contribution >= 4 is 11.8 Å². The third-order valence-corrected chi connectivity index (χ3v) is 6.47. The minimum atomic E-state index is -4.50. The van der Waals surface area contributed by atoms with E-state index in [1.165, 1.54) is 0 Å². The molecule has 0 radical (unpaired) electrons. The molecule has 0 aromatic heterocycles. The Morgan fingerprint density at radius 3 is 2.19 bits per heavy atom. The van der Waals surface area contributed by atoms with Crippen molar-refractivity contribution < 1.29 is 22.8 Å². The van der Waals surface area contributed by atoms with Gasteiger partial charge in [-0.25, -0.2) is 0 Å². The molecular formula is C24H26F3N3O2. The first-order valence-electron chi connectivity index (χ1n) is 10.8. The number of hydrogen-bond donors (Lipinski definition) is 2. The summed E-state index contributed by atoms with van der Waals surface area (Å²) >= 11 is 0. The Morgan fingerprint density at radius 1 is 1.06 bits per heavy atom. The fraction of sp³-hybridized carbons (Fsp3) is 0.417. The van der Waals surface area contributed by atoms with Crippen LogP contribution in [0, 0.1) is 0 Å². The lowest BCUT2D eigenvalue weighted by molar-refractivity contribution is -0.141. The molecule has 2 aliphatic rings. The molecule has 8 heteroatoms. The molecule has 1 aliphatic heterocycles. The molecule has 1 atom stereocenters. The summed E-state index contributed by atoms with van der Waals surface area (Å²) in [6.07, 6.45) is -2.32. The highest BCUT2D eigenvalue weighted by Gasteiger charge is 2.49. The molecule has 2 aromatic carbocycles.